The van der Waals surface area contributed by atoms with Crippen molar-refractivity contribution in [1.29, 1.82) is 0 Å². The molecule has 0 aromatic heterocycles. The third-order valence-electron chi connectivity index (χ3n) is 3.13. The van der Waals surface area contributed by atoms with Crippen molar-refractivity contribution in [2.45, 2.75) is 38.3 Å². The summed E-state index contributed by atoms with van der Waals surface area (Å²) in [6, 6.07) is 2.31. The van der Waals surface area contributed by atoms with Crippen LogP contribution in [0, 0.1) is 0 Å². The molecule has 0 amide bonds. The van der Waals surface area contributed by atoms with Crippen molar-refractivity contribution in [3.63, 3.8) is 0 Å². The molecule has 0 bridgehead atoms. The summed E-state index contributed by atoms with van der Waals surface area (Å²) < 4.78 is 10.4. The molecule has 2 atom stereocenters. The Morgan fingerprint density at radius 2 is 1.74 bits per heavy atom. The number of phenolic OH excluding ortho intramolecular Hbond substituents is 1. The van der Waals surface area contributed by atoms with E-state index >= 15 is 0 Å². The van der Waals surface area contributed by atoms with Crippen molar-refractivity contribution >= 4 is 0 Å². The van der Waals surface area contributed by atoms with Gasteiger partial charge in [-0.05, 0) is 6.42 Å². The van der Waals surface area contributed by atoms with Gasteiger partial charge in [-0.3, -0.25) is 0 Å². The second kappa shape index (κ2) is 7.21. The fourth-order valence-corrected chi connectivity index (χ4v) is 2.04. The summed E-state index contributed by atoms with van der Waals surface area (Å²) in [6.07, 6.45) is 1.84. The second-order valence-electron chi connectivity index (χ2n) is 4.50. The van der Waals surface area contributed by atoms with Crippen molar-refractivity contribution in [2.24, 2.45) is 5.73 Å². The smallest absolute Gasteiger partial charge is 0.131 e. The van der Waals surface area contributed by atoms with E-state index in [4.69, 9.17) is 15.2 Å². The summed E-state index contributed by atoms with van der Waals surface area (Å²) >= 11 is 0. The van der Waals surface area contributed by atoms with Crippen LogP contribution in [0.25, 0.3) is 0 Å². The van der Waals surface area contributed by atoms with Crippen molar-refractivity contribution in [3.05, 3.63) is 17.7 Å². The Morgan fingerprint density at radius 3 is 2.16 bits per heavy atom. The third-order valence-corrected chi connectivity index (χ3v) is 3.13. The lowest BCUT2D eigenvalue weighted by atomic mass is 9.96. The Hall–Kier alpha value is -1.46. The maximum Gasteiger partial charge on any atom is 0.131 e. The van der Waals surface area contributed by atoms with E-state index in [2.05, 4.69) is 6.92 Å². The minimum Gasteiger partial charge on any atom is -0.508 e. The van der Waals surface area contributed by atoms with E-state index in [9.17, 15) is 10.2 Å². The molecule has 0 aliphatic rings. The van der Waals surface area contributed by atoms with Gasteiger partial charge in [0.05, 0.1) is 31.9 Å². The summed E-state index contributed by atoms with van der Waals surface area (Å²) in [4.78, 5) is 0. The SMILES string of the molecule is CCCC[C@H](O)[C@H](N)c1c(OC)cc(O)cc1OC. The standard InChI is InChI=1S/C14H23NO4/c1-4-5-6-10(17)14(15)13-11(18-2)7-9(16)8-12(13)19-3/h7-8,10,14,16-17H,4-6,15H2,1-3H3/t10-,14-/m0/s1. The zero-order valence-corrected chi connectivity index (χ0v) is 11.7. The first kappa shape index (κ1) is 15.6. The molecule has 19 heavy (non-hydrogen) atoms. The van der Waals surface area contributed by atoms with Crippen LogP contribution in [-0.2, 0) is 0 Å². The molecule has 0 saturated heterocycles. The van der Waals surface area contributed by atoms with Gasteiger partial charge in [0.2, 0.25) is 0 Å². The molecule has 0 aliphatic carbocycles. The monoisotopic (exact) mass is 269 g/mol. The van der Waals surface area contributed by atoms with E-state index in [1.165, 1.54) is 26.4 Å². The van der Waals surface area contributed by atoms with Crippen LogP contribution < -0.4 is 15.2 Å². The number of methoxy groups -OCH3 is 2. The number of aliphatic hydroxyl groups excluding tert-OH is 1. The molecular weight excluding hydrogens is 246 g/mol. The van der Waals surface area contributed by atoms with Gasteiger partial charge in [0.15, 0.2) is 0 Å². The number of rotatable bonds is 7. The Morgan fingerprint density at radius 1 is 1.21 bits per heavy atom. The summed E-state index contributed by atoms with van der Waals surface area (Å²) in [5.41, 5.74) is 6.67. The molecule has 4 N–H and O–H groups in total. The number of phenols is 1. The van der Waals surface area contributed by atoms with E-state index in [0.29, 0.717) is 23.5 Å². The number of aliphatic hydroxyl groups is 1. The zero-order chi connectivity index (χ0) is 14.4. The lowest BCUT2D eigenvalue weighted by molar-refractivity contribution is 0.130. The van der Waals surface area contributed by atoms with E-state index in [-0.39, 0.29) is 5.75 Å². The number of ether oxygens (including phenoxy) is 2. The van der Waals surface area contributed by atoms with Gasteiger partial charge in [0.25, 0.3) is 0 Å². The lowest BCUT2D eigenvalue weighted by Crippen LogP contribution is -2.27. The third kappa shape index (κ3) is 3.75. The highest BCUT2D eigenvalue weighted by Gasteiger charge is 2.24. The van der Waals surface area contributed by atoms with Crippen molar-refractivity contribution in [3.8, 4) is 17.2 Å². The predicted octanol–water partition coefficient (Wildman–Crippen LogP) is 1.96. The summed E-state index contributed by atoms with van der Waals surface area (Å²) in [5.74, 6) is 0.868. The Balaban J connectivity index is 3.09. The van der Waals surface area contributed by atoms with Crippen LogP contribution in [0.3, 0.4) is 0 Å². The number of unbranched alkanes of at least 4 members (excludes halogenated alkanes) is 1. The lowest BCUT2D eigenvalue weighted by Gasteiger charge is -2.23. The van der Waals surface area contributed by atoms with Crippen LogP contribution >= 0.6 is 0 Å². The van der Waals surface area contributed by atoms with Crippen molar-refractivity contribution in [1.82, 2.24) is 0 Å². The first-order valence-corrected chi connectivity index (χ1v) is 6.43. The van der Waals surface area contributed by atoms with Gasteiger partial charge in [-0.2, -0.15) is 0 Å². The molecule has 108 valence electrons. The quantitative estimate of drug-likeness (QED) is 0.704. The van der Waals surface area contributed by atoms with Crippen molar-refractivity contribution in [2.75, 3.05) is 14.2 Å². The molecule has 5 heteroatoms. The van der Waals surface area contributed by atoms with E-state index < -0.39 is 12.1 Å². The molecule has 0 saturated carbocycles. The summed E-state index contributed by atoms with van der Waals surface area (Å²) in [7, 11) is 2.98. The van der Waals surface area contributed by atoms with E-state index in [0.717, 1.165) is 12.8 Å². The Kier molecular flexibility index (Phi) is 5.92. The average molecular weight is 269 g/mol. The van der Waals surface area contributed by atoms with E-state index in [1.807, 2.05) is 0 Å². The highest BCUT2D eigenvalue weighted by Crippen LogP contribution is 2.38. The van der Waals surface area contributed by atoms with Crippen LogP contribution in [0.1, 0.15) is 37.8 Å². The summed E-state index contributed by atoms with van der Waals surface area (Å²) in [6.45, 7) is 2.06. The second-order valence-corrected chi connectivity index (χ2v) is 4.50. The number of aromatic hydroxyl groups is 1. The molecule has 5 nitrogen and oxygen atoms in total. The topological polar surface area (TPSA) is 84.9 Å². The number of benzene rings is 1. The van der Waals surface area contributed by atoms with Gasteiger partial charge in [-0.1, -0.05) is 19.8 Å². The molecule has 0 aliphatic heterocycles. The fourth-order valence-electron chi connectivity index (χ4n) is 2.04. The van der Waals surface area contributed by atoms with Gasteiger partial charge in [-0.25, -0.2) is 0 Å². The van der Waals surface area contributed by atoms with Gasteiger partial charge in [0, 0.05) is 12.1 Å². The number of hydrogen-bond acceptors (Lipinski definition) is 5. The first-order chi connectivity index (χ1) is 9.04. The zero-order valence-electron chi connectivity index (χ0n) is 11.7. The number of nitrogens with two attached hydrogens (primary N) is 1. The van der Waals surface area contributed by atoms with Crippen LogP contribution in [-0.4, -0.2) is 30.5 Å². The normalized spacial score (nSPS) is 13.9. The average Bonchev–Trinajstić information content (AvgIpc) is 2.42. The number of hydrogen-bond donors (Lipinski definition) is 3. The van der Waals surface area contributed by atoms with Gasteiger partial charge in [0.1, 0.15) is 17.2 Å². The molecule has 0 heterocycles. The van der Waals surface area contributed by atoms with Crippen molar-refractivity contribution < 1.29 is 19.7 Å². The van der Waals surface area contributed by atoms with Crippen LogP contribution in [0.15, 0.2) is 12.1 Å². The molecule has 1 aromatic carbocycles. The summed E-state index contributed by atoms with van der Waals surface area (Å²) in [5, 5.41) is 19.7. The Labute approximate surface area is 114 Å². The highest BCUT2D eigenvalue weighted by atomic mass is 16.5. The molecule has 1 rings (SSSR count). The molecule has 0 spiro atoms. The Bertz CT molecular complexity index is 383. The van der Waals surface area contributed by atoms with Gasteiger partial charge in [-0.15, -0.1) is 0 Å². The fraction of sp³-hybridized carbons (Fsp3) is 0.571. The minimum absolute atomic E-state index is 0.0349. The first-order valence-electron chi connectivity index (χ1n) is 6.43. The minimum atomic E-state index is -0.674. The van der Waals surface area contributed by atoms with Crippen LogP contribution in [0.2, 0.25) is 0 Å². The molecule has 0 fully saturated rings. The maximum atomic E-state index is 10.1. The van der Waals surface area contributed by atoms with E-state index in [1.54, 1.807) is 0 Å². The molecule has 0 radical (unpaired) electrons. The van der Waals surface area contributed by atoms with Crippen LogP contribution in [0.5, 0.6) is 17.2 Å². The maximum absolute atomic E-state index is 10.1. The van der Waals surface area contributed by atoms with Gasteiger partial charge >= 0.3 is 0 Å². The predicted molar refractivity (Wildman–Crippen MR) is 73.7 cm³/mol. The molecular formula is C14H23NO4. The van der Waals surface area contributed by atoms with Crippen LogP contribution in [0.4, 0.5) is 0 Å². The molecule has 1 aromatic rings. The van der Waals surface area contributed by atoms with Gasteiger partial charge < -0.3 is 25.4 Å². The largest absolute Gasteiger partial charge is 0.508 e. The highest BCUT2D eigenvalue weighted by molar-refractivity contribution is 5.52. The molecule has 0 unspecified atom stereocenters.